The second-order valence-electron chi connectivity index (χ2n) is 5.26. The largest absolute Gasteiger partial charge is 0.460 e. The second-order valence-corrected chi connectivity index (χ2v) is 5.26. The fourth-order valence-corrected chi connectivity index (χ4v) is 2.84. The van der Waals surface area contributed by atoms with Crippen LogP contribution in [0.15, 0.2) is 4.42 Å². The lowest BCUT2D eigenvalue weighted by Crippen LogP contribution is -2.21. The standard InChI is InChI=1S/C14H18F3NO3/c1-3-13(7-5-6-8-13)12-18-10(14(15,16)17)9(21-12)11(19)20-4-2/h3-8H2,1-2H3. The van der Waals surface area contributed by atoms with Gasteiger partial charge in [-0.15, -0.1) is 0 Å². The maximum absolute atomic E-state index is 13.0. The van der Waals surface area contributed by atoms with Crippen molar-refractivity contribution in [3.05, 3.63) is 17.3 Å². The van der Waals surface area contributed by atoms with E-state index in [0.29, 0.717) is 6.42 Å². The van der Waals surface area contributed by atoms with Crippen LogP contribution in [0.5, 0.6) is 0 Å². The van der Waals surface area contributed by atoms with Gasteiger partial charge in [-0.2, -0.15) is 13.2 Å². The minimum absolute atomic E-state index is 0.0119. The van der Waals surface area contributed by atoms with Gasteiger partial charge in [-0.25, -0.2) is 9.78 Å². The van der Waals surface area contributed by atoms with Crippen LogP contribution in [0.1, 0.15) is 68.1 Å². The lowest BCUT2D eigenvalue weighted by molar-refractivity contribution is -0.141. The average Bonchev–Trinajstić information content (AvgIpc) is 3.05. The fraction of sp³-hybridized carbons (Fsp3) is 0.714. The van der Waals surface area contributed by atoms with Crippen LogP contribution in [0.2, 0.25) is 0 Å². The highest BCUT2D eigenvalue weighted by molar-refractivity contribution is 5.87. The van der Waals surface area contributed by atoms with E-state index in [4.69, 9.17) is 4.42 Å². The van der Waals surface area contributed by atoms with Crippen LogP contribution >= 0.6 is 0 Å². The summed E-state index contributed by atoms with van der Waals surface area (Å²) in [4.78, 5) is 15.3. The van der Waals surface area contributed by atoms with Crippen LogP contribution < -0.4 is 0 Å². The van der Waals surface area contributed by atoms with Crippen molar-refractivity contribution < 1.29 is 27.1 Å². The number of oxazole rings is 1. The lowest BCUT2D eigenvalue weighted by atomic mass is 9.83. The van der Waals surface area contributed by atoms with E-state index in [-0.39, 0.29) is 12.5 Å². The van der Waals surface area contributed by atoms with Gasteiger partial charge in [0.2, 0.25) is 11.7 Å². The first-order valence-electron chi connectivity index (χ1n) is 7.09. The van der Waals surface area contributed by atoms with Gasteiger partial charge in [0.25, 0.3) is 0 Å². The third-order valence-corrected chi connectivity index (χ3v) is 4.05. The molecule has 0 radical (unpaired) electrons. The zero-order valence-corrected chi connectivity index (χ0v) is 12.0. The Labute approximate surface area is 120 Å². The molecular formula is C14H18F3NO3. The zero-order valence-electron chi connectivity index (χ0n) is 12.0. The molecule has 1 aromatic heterocycles. The summed E-state index contributed by atoms with van der Waals surface area (Å²) in [7, 11) is 0. The van der Waals surface area contributed by atoms with E-state index in [9.17, 15) is 18.0 Å². The molecule has 1 aliphatic rings. The van der Waals surface area contributed by atoms with E-state index in [1.165, 1.54) is 6.92 Å². The van der Waals surface area contributed by atoms with Gasteiger partial charge in [0.05, 0.1) is 6.61 Å². The molecule has 0 unspecified atom stereocenters. The molecule has 1 aliphatic carbocycles. The maximum atomic E-state index is 13.0. The molecule has 0 N–H and O–H groups in total. The highest BCUT2D eigenvalue weighted by Gasteiger charge is 2.46. The molecule has 4 nitrogen and oxygen atoms in total. The van der Waals surface area contributed by atoms with Crippen molar-refractivity contribution in [2.75, 3.05) is 6.61 Å². The monoisotopic (exact) mass is 305 g/mol. The van der Waals surface area contributed by atoms with Crippen LogP contribution in [0.25, 0.3) is 0 Å². The Morgan fingerprint density at radius 2 is 1.95 bits per heavy atom. The van der Waals surface area contributed by atoms with Gasteiger partial charge in [-0.05, 0) is 26.2 Å². The molecule has 0 atom stereocenters. The van der Waals surface area contributed by atoms with Crippen molar-refractivity contribution in [3.63, 3.8) is 0 Å². The van der Waals surface area contributed by atoms with Crippen molar-refractivity contribution in [2.45, 2.75) is 57.5 Å². The van der Waals surface area contributed by atoms with Crippen molar-refractivity contribution in [1.29, 1.82) is 0 Å². The summed E-state index contributed by atoms with van der Waals surface area (Å²) in [5.41, 5.74) is -1.78. The van der Waals surface area contributed by atoms with E-state index >= 15 is 0 Å². The first-order chi connectivity index (χ1) is 9.84. The quantitative estimate of drug-likeness (QED) is 0.786. The molecule has 0 aromatic carbocycles. The van der Waals surface area contributed by atoms with Crippen molar-refractivity contribution in [1.82, 2.24) is 4.98 Å². The average molecular weight is 305 g/mol. The van der Waals surface area contributed by atoms with Crippen LogP contribution in [-0.4, -0.2) is 17.6 Å². The number of nitrogens with zero attached hydrogens (tertiary/aromatic N) is 1. The Morgan fingerprint density at radius 1 is 1.33 bits per heavy atom. The zero-order chi connectivity index (χ0) is 15.7. The summed E-state index contributed by atoms with van der Waals surface area (Å²) < 4.78 is 49.0. The first-order valence-corrected chi connectivity index (χ1v) is 7.09. The molecule has 1 saturated carbocycles. The third-order valence-electron chi connectivity index (χ3n) is 4.05. The molecule has 2 rings (SSSR count). The minimum Gasteiger partial charge on any atom is -0.460 e. The molecule has 118 valence electrons. The van der Waals surface area contributed by atoms with Gasteiger partial charge in [0, 0.05) is 5.41 Å². The van der Waals surface area contributed by atoms with Gasteiger partial charge < -0.3 is 9.15 Å². The number of hydrogen-bond donors (Lipinski definition) is 0. The molecule has 0 bridgehead atoms. The molecule has 0 spiro atoms. The number of esters is 1. The Balaban J connectivity index is 2.48. The molecule has 1 aromatic rings. The summed E-state index contributed by atoms with van der Waals surface area (Å²) in [6.07, 6.45) is -0.809. The molecule has 0 aliphatic heterocycles. The summed E-state index contributed by atoms with van der Waals surface area (Å²) in [5.74, 6) is -1.94. The number of ether oxygens (including phenoxy) is 1. The van der Waals surface area contributed by atoms with Crippen LogP contribution in [0.4, 0.5) is 13.2 Å². The van der Waals surface area contributed by atoms with Crippen molar-refractivity contribution >= 4 is 5.97 Å². The van der Waals surface area contributed by atoms with Crippen LogP contribution in [0.3, 0.4) is 0 Å². The molecule has 7 heteroatoms. The maximum Gasteiger partial charge on any atom is 0.437 e. The van der Waals surface area contributed by atoms with E-state index in [1.807, 2.05) is 6.92 Å². The number of hydrogen-bond acceptors (Lipinski definition) is 4. The summed E-state index contributed by atoms with van der Waals surface area (Å²) >= 11 is 0. The number of halogens is 3. The Hall–Kier alpha value is -1.53. The normalized spacial score (nSPS) is 18.0. The molecule has 1 heterocycles. The summed E-state index contributed by atoms with van der Waals surface area (Å²) in [6.45, 7) is 3.39. The summed E-state index contributed by atoms with van der Waals surface area (Å²) in [6, 6.07) is 0. The number of carbonyl (C=O) groups excluding carboxylic acids is 1. The Kier molecular flexibility index (Phi) is 4.30. The Bertz CT molecular complexity index is 516. The molecular weight excluding hydrogens is 287 g/mol. The minimum atomic E-state index is -4.74. The Morgan fingerprint density at radius 3 is 2.43 bits per heavy atom. The van der Waals surface area contributed by atoms with Crippen molar-refractivity contribution in [3.8, 4) is 0 Å². The molecule has 0 amide bonds. The molecule has 0 saturated heterocycles. The predicted molar refractivity (Wildman–Crippen MR) is 67.9 cm³/mol. The number of carbonyl (C=O) groups is 1. The fourth-order valence-electron chi connectivity index (χ4n) is 2.84. The third kappa shape index (κ3) is 2.91. The van der Waals surface area contributed by atoms with Gasteiger partial charge >= 0.3 is 12.1 Å². The topological polar surface area (TPSA) is 52.3 Å². The van der Waals surface area contributed by atoms with E-state index in [1.54, 1.807) is 0 Å². The summed E-state index contributed by atoms with van der Waals surface area (Å²) in [5, 5.41) is 0. The molecule has 21 heavy (non-hydrogen) atoms. The van der Waals surface area contributed by atoms with Gasteiger partial charge in [-0.3, -0.25) is 0 Å². The smallest absolute Gasteiger partial charge is 0.437 e. The van der Waals surface area contributed by atoms with Crippen molar-refractivity contribution in [2.24, 2.45) is 0 Å². The van der Waals surface area contributed by atoms with Gasteiger partial charge in [0.15, 0.2) is 5.69 Å². The van der Waals surface area contributed by atoms with Crippen LogP contribution in [0, 0.1) is 0 Å². The number of aromatic nitrogens is 1. The second kappa shape index (κ2) is 5.69. The molecule has 1 fully saturated rings. The van der Waals surface area contributed by atoms with Crippen LogP contribution in [-0.2, 0) is 16.3 Å². The first kappa shape index (κ1) is 15.9. The number of alkyl halides is 3. The highest BCUT2D eigenvalue weighted by Crippen LogP contribution is 2.45. The lowest BCUT2D eigenvalue weighted by Gasteiger charge is -2.22. The number of rotatable bonds is 4. The van der Waals surface area contributed by atoms with Gasteiger partial charge in [0.1, 0.15) is 0 Å². The van der Waals surface area contributed by atoms with E-state index in [0.717, 1.165) is 25.7 Å². The van der Waals surface area contributed by atoms with E-state index in [2.05, 4.69) is 9.72 Å². The van der Waals surface area contributed by atoms with Gasteiger partial charge in [-0.1, -0.05) is 19.8 Å². The van der Waals surface area contributed by atoms with E-state index < -0.39 is 29.0 Å². The SMILES string of the molecule is CCOC(=O)c1oc(C2(CC)CCCC2)nc1C(F)(F)F. The predicted octanol–water partition coefficient (Wildman–Crippen LogP) is 4.09. The highest BCUT2D eigenvalue weighted by atomic mass is 19.4.